The Balaban J connectivity index is 1.47. The van der Waals surface area contributed by atoms with E-state index >= 15 is 0 Å². The molecule has 7 nitrogen and oxygen atoms in total. The van der Waals surface area contributed by atoms with Crippen molar-refractivity contribution in [2.24, 2.45) is 0 Å². The molecule has 0 radical (unpaired) electrons. The van der Waals surface area contributed by atoms with E-state index in [2.05, 4.69) is 20.4 Å². The number of carbonyl (C=O) groups is 1. The van der Waals surface area contributed by atoms with Crippen molar-refractivity contribution in [2.75, 3.05) is 31.6 Å². The highest BCUT2D eigenvalue weighted by atomic mass is 16.3. The molecule has 1 atom stereocenters. The number of piperidine rings is 1. The van der Waals surface area contributed by atoms with Crippen molar-refractivity contribution in [1.82, 2.24) is 20.4 Å². The lowest BCUT2D eigenvalue weighted by Crippen LogP contribution is -2.48. The smallest absolute Gasteiger partial charge is 0.236 e. The third kappa shape index (κ3) is 4.79. The summed E-state index contributed by atoms with van der Waals surface area (Å²) in [6, 6.07) is 7.97. The SMILES string of the molecule is Cc1ccc(N2CCC[C@H](NCC(=O)N(C)Cc3ccco3)C2)nn1. The molecule has 1 aliphatic heterocycles. The molecule has 2 aromatic heterocycles. The largest absolute Gasteiger partial charge is 0.467 e. The first-order chi connectivity index (χ1) is 12.1. The van der Waals surface area contributed by atoms with Crippen LogP contribution in [0.15, 0.2) is 34.9 Å². The quantitative estimate of drug-likeness (QED) is 0.859. The predicted octanol–water partition coefficient (Wildman–Crippen LogP) is 1.60. The lowest BCUT2D eigenvalue weighted by molar-refractivity contribution is -0.129. The van der Waals surface area contributed by atoms with E-state index in [1.165, 1.54) is 0 Å². The first-order valence-corrected chi connectivity index (χ1v) is 8.67. The molecule has 25 heavy (non-hydrogen) atoms. The number of aryl methyl sites for hydroxylation is 1. The van der Waals surface area contributed by atoms with Crippen LogP contribution in [0.1, 0.15) is 24.3 Å². The van der Waals surface area contributed by atoms with E-state index in [-0.39, 0.29) is 11.9 Å². The molecule has 2 aromatic rings. The zero-order valence-electron chi connectivity index (χ0n) is 14.8. The summed E-state index contributed by atoms with van der Waals surface area (Å²) in [5.74, 6) is 1.75. The van der Waals surface area contributed by atoms with Crippen molar-refractivity contribution >= 4 is 11.7 Å². The van der Waals surface area contributed by atoms with Gasteiger partial charge in [-0.2, -0.15) is 5.10 Å². The normalized spacial score (nSPS) is 17.5. The third-order valence-corrected chi connectivity index (χ3v) is 4.47. The predicted molar refractivity (Wildman–Crippen MR) is 95.2 cm³/mol. The highest BCUT2D eigenvalue weighted by Crippen LogP contribution is 2.17. The molecule has 1 N–H and O–H groups in total. The van der Waals surface area contributed by atoms with Gasteiger partial charge in [-0.05, 0) is 44.0 Å². The second kappa shape index (κ2) is 8.11. The second-order valence-electron chi connectivity index (χ2n) is 6.53. The molecule has 3 rings (SSSR count). The van der Waals surface area contributed by atoms with Crippen LogP contribution in [0.5, 0.6) is 0 Å². The molecule has 0 bridgehead atoms. The number of hydrogen-bond donors (Lipinski definition) is 1. The molecular formula is C18H25N5O2. The fourth-order valence-electron chi connectivity index (χ4n) is 3.00. The van der Waals surface area contributed by atoms with Gasteiger partial charge in [0.1, 0.15) is 5.76 Å². The van der Waals surface area contributed by atoms with Crippen molar-refractivity contribution in [3.8, 4) is 0 Å². The van der Waals surface area contributed by atoms with Gasteiger partial charge in [0.05, 0.1) is 25.0 Å². The number of carbonyl (C=O) groups excluding carboxylic acids is 1. The average Bonchev–Trinajstić information content (AvgIpc) is 3.13. The number of amides is 1. The zero-order chi connectivity index (χ0) is 17.6. The van der Waals surface area contributed by atoms with E-state index in [4.69, 9.17) is 4.42 Å². The molecular weight excluding hydrogens is 318 g/mol. The van der Waals surface area contributed by atoms with E-state index in [1.54, 1.807) is 18.2 Å². The summed E-state index contributed by atoms with van der Waals surface area (Å²) >= 11 is 0. The molecule has 1 amide bonds. The standard InChI is InChI=1S/C18H25N5O2/c1-14-7-8-17(21-20-14)23-9-3-5-15(12-23)19-11-18(24)22(2)13-16-6-4-10-25-16/h4,6-8,10,15,19H,3,5,9,11-13H2,1-2H3/t15-/m0/s1. The van der Waals surface area contributed by atoms with Crippen LogP contribution in [0.25, 0.3) is 0 Å². The Morgan fingerprint density at radius 3 is 3.00 bits per heavy atom. The minimum absolute atomic E-state index is 0.0589. The summed E-state index contributed by atoms with van der Waals surface area (Å²) in [6.45, 7) is 4.57. The van der Waals surface area contributed by atoms with E-state index in [9.17, 15) is 4.79 Å². The summed E-state index contributed by atoms with van der Waals surface area (Å²) in [6.07, 6.45) is 3.76. The summed E-state index contributed by atoms with van der Waals surface area (Å²) in [4.78, 5) is 16.2. The highest BCUT2D eigenvalue weighted by molar-refractivity contribution is 5.77. The van der Waals surface area contributed by atoms with Gasteiger partial charge in [-0.1, -0.05) is 0 Å². The number of nitrogens with one attached hydrogen (secondary N) is 1. The molecule has 1 fully saturated rings. The molecule has 0 unspecified atom stereocenters. The van der Waals surface area contributed by atoms with Gasteiger partial charge in [0, 0.05) is 26.2 Å². The second-order valence-corrected chi connectivity index (χ2v) is 6.53. The molecule has 1 saturated heterocycles. The molecule has 7 heteroatoms. The maximum Gasteiger partial charge on any atom is 0.236 e. The van der Waals surface area contributed by atoms with Gasteiger partial charge in [0.25, 0.3) is 0 Å². The monoisotopic (exact) mass is 343 g/mol. The Morgan fingerprint density at radius 1 is 1.40 bits per heavy atom. The van der Waals surface area contributed by atoms with Crippen LogP contribution in [-0.4, -0.2) is 53.7 Å². The Kier molecular flexibility index (Phi) is 5.65. The number of hydrogen-bond acceptors (Lipinski definition) is 6. The summed E-state index contributed by atoms with van der Waals surface area (Å²) in [5.41, 5.74) is 0.917. The minimum atomic E-state index is 0.0589. The van der Waals surface area contributed by atoms with Gasteiger partial charge in [-0.3, -0.25) is 4.79 Å². The lowest BCUT2D eigenvalue weighted by atomic mass is 10.1. The number of likely N-dealkylation sites (N-methyl/N-ethyl adjacent to an activating group) is 1. The average molecular weight is 343 g/mol. The first kappa shape index (κ1) is 17.4. The zero-order valence-corrected chi connectivity index (χ0v) is 14.8. The van der Waals surface area contributed by atoms with E-state index in [0.29, 0.717) is 13.1 Å². The van der Waals surface area contributed by atoms with Gasteiger partial charge in [-0.25, -0.2) is 0 Å². The van der Waals surface area contributed by atoms with Gasteiger partial charge < -0.3 is 19.5 Å². The van der Waals surface area contributed by atoms with Crippen LogP contribution in [0.4, 0.5) is 5.82 Å². The number of aromatic nitrogens is 2. The minimum Gasteiger partial charge on any atom is -0.467 e. The maximum atomic E-state index is 12.3. The van der Waals surface area contributed by atoms with Crippen molar-refractivity contribution in [1.29, 1.82) is 0 Å². The summed E-state index contributed by atoms with van der Waals surface area (Å²) in [7, 11) is 1.79. The molecule has 3 heterocycles. The van der Waals surface area contributed by atoms with Crippen molar-refractivity contribution < 1.29 is 9.21 Å². The van der Waals surface area contributed by atoms with Gasteiger partial charge >= 0.3 is 0 Å². The van der Waals surface area contributed by atoms with Crippen LogP contribution in [0.2, 0.25) is 0 Å². The summed E-state index contributed by atoms with van der Waals surface area (Å²) in [5, 5.41) is 11.8. The third-order valence-electron chi connectivity index (χ3n) is 4.47. The van der Waals surface area contributed by atoms with Gasteiger partial charge in [-0.15, -0.1) is 5.10 Å². The first-order valence-electron chi connectivity index (χ1n) is 8.67. The summed E-state index contributed by atoms with van der Waals surface area (Å²) < 4.78 is 5.29. The molecule has 0 aliphatic carbocycles. The molecule has 1 aliphatic rings. The van der Waals surface area contributed by atoms with Crippen LogP contribution in [0, 0.1) is 6.92 Å². The van der Waals surface area contributed by atoms with Crippen LogP contribution < -0.4 is 10.2 Å². The molecule has 0 saturated carbocycles. The maximum absolute atomic E-state index is 12.3. The number of furan rings is 1. The van der Waals surface area contributed by atoms with Gasteiger partial charge in [0.2, 0.25) is 5.91 Å². The Bertz CT molecular complexity index is 671. The van der Waals surface area contributed by atoms with Crippen molar-refractivity contribution in [3.05, 3.63) is 42.0 Å². The topological polar surface area (TPSA) is 74.5 Å². The fraction of sp³-hybridized carbons (Fsp3) is 0.500. The van der Waals surface area contributed by atoms with E-state index in [0.717, 1.165) is 43.2 Å². The molecule has 0 spiro atoms. The number of nitrogens with zero attached hydrogens (tertiary/aromatic N) is 4. The van der Waals surface area contributed by atoms with E-state index < -0.39 is 0 Å². The van der Waals surface area contributed by atoms with Gasteiger partial charge in [0.15, 0.2) is 5.82 Å². The lowest BCUT2D eigenvalue weighted by Gasteiger charge is -2.34. The van der Waals surface area contributed by atoms with Crippen molar-refractivity contribution in [3.63, 3.8) is 0 Å². The fourth-order valence-corrected chi connectivity index (χ4v) is 3.00. The van der Waals surface area contributed by atoms with Crippen LogP contribution >= 0.6 is 0 Å². The Hall–Kier alpha value is -2.41. The Morgan fingerprint density at radius 2 is 2.28 bits per heavy atom. The Labute approximate surface area is 148 Å². The van der Waals surface area contributed by atoms with Crippen LogP contribution in [-0.2, 0) is 11.3 Å². The number of rotatable bonds is 6. The highest BCUT2D eigenvalue weighted by Gasteiger charge is 2.22. The van der Waals surface area contributed by atoms with E-state index in [1.807, 2.05) is 31.2 Å². The van der Waals surface area contributed by atoms with Crippen LogP contribution in [0.3, 0.4) is 0 Å². The number of anilines is 1. The molecule has 0 aromatic carbocycles. The molecule has 134 valence electrons. The van der Waals surface area contributed by atoms with Crippen molar-refractivity contribution in [2.45, 2.75) is 32.4 Å².